The zero-order chi connectivity index (χ0) is 16.2. The molecule has 0 saturated carbocycles. The van der Waals surface area contributed by atoms with Crippen LogP contribution in [0.2, 0.25) is 0 Å². The number of halogens is 1. The lowest BCUT2D eigenvalue weighted by Gasteiger charge is -2.27. The van der Waals surface area contributed by atoms with Crippen LogP contribution in [0.25, 0.3) is 0 Å². The molecule has 2 unspecified atom stereocenters. The lowest BCUT2D eigenvalue weighted by molar-refractivity contribution is 0.166. The fourth-order valence-electron chi connectivity index (χ4n) is 2.68. The maximum absolute atomic E-state index is 10.9. The van der Waals surface area contributed by atoms with Crippen molar-refractivity contribution < 1.29 is 19.1 Å². The summed E-state index contributed by atoms with van der Waals surface area (Å²) in [4.78, 5) is 23.7. The van der Waals surface area contributed by atoms with Crippen molar-refractivity contribution in [3.05, 3.63) is 0 Å². The van der Waals surface area contributed by atoms with Gasteiger partial charge in [0, 0.05) is 12.4 Å². The number of rotatable bonds is 3. The van der Waals surface area contributed by atoms with Crippen molar-refractivity contribution in [1.82, 2.24) is 15.5 Å². The number of alkyl carbamates (subject to hydrolysis) is 2. The SMILES string of the molecule is CC1(CCl)COC(=O)N1.CC1(CN2CCCC2)COC(=O)N1. The third-order valence-corrected chi connectivity index (χ3v) is 4.51. The van der Waals surface area contributed by atoms with Crippen molar-refractivity contribution >= 4 is 23.8 Å². The zero-order valence-corrected chi connectivity index (χ0v) is 13.9. The molecule has 0 bridgehead atoms. The van der Waals surface area contributed by atoms with Gasteiger partial charge in [0.15, 0.2) is 0 Å². The molecule has 3 fully saturated rings. The topological polar surface area (TPSA) is 79.9 Å². The Bertz CT molecular complexity index is 430. The number of alkyl halides is 1. The van der Waals surface area contributed by atoms with Gasteiger partial charge in [-0.25, -0.2) is 9.59 Å². The first kappa shape index (κ1) is 17.1. The summed E-state index contributed by atoms with van der Waals surface area (Å²) < 4.78 is 9.53. The molecule has 2 atom stereocenters. The predicted octanol–water partition coefficient (Wildman–Crippen LogP) is 1.30. The first-order valence-electron chi connectivity index (χ1n) is 7.52. The number of hydrogen-bond acceptors (Lipinski definition) is 5. The Hall–Kier alpha value is -1.21. The molecule has 0 radical (unpaired) electrons. The van der Waals surface area contributed by atoms with Crippen molar-refractivity contribution in [1.29, 1.82) is 0 Å². The molecule has 0 aromatic rings. The van der Waals surface area contributed by atoms with Gasteiger partial charge in [0.1, 0.15) is 13.2 Å². The van der Waals surface area contributed by atoms with Gasteiger partial charge >= 0.3 is 12.2 Å². The van der Waals surface area contributed by atoms with Crippen molar-refractivity contribution in [2.45, 2.75) is 37.8 Å². The van der Waals surface area contributed by atoms with Gasteiger partial charge < -0.3 is 25.0 Å². The van der Waals surface area contributed by atoms with Gasteiger partial charge in [-0.2, -0.15) is 0 Å². The Morgan fingerprint density at radius 1 is 1.05 bits per heavy atom. The van der Waals surface area contributed by atoms with Crippen LogP contribution in [0.4, 0.5) is 9.59 Å². The minimum absolute atomic E-state index is 0.165. The Morgan fingerprint density at radius 2 is 1.55 bits per heavy atom. The van der Waals surface area contributed by atoms with Crippen LogP contribution in [-0.4, -0.2) is 66.9 Å². The molecular weight excluding hydrogens is 310 g/mol. The normalized spacial score (nSPS) is 34.3. The summed E-state index contributed by atoms with van der Waals surface area (Å²) in [6.07, 6.45) is 1.91. The molecule has 0 aromatic heterocycles. The summed E-state index contributed by atoms with van der Waals surface area (Å²) in [5.41, 5.74) is -0.514. The van der Waals surface area contributed by atoms with Crippen molar-refractivity contribution in [2.24, 2.45) is 0 Å². The van der Waals surface area contributed by atoms with E-state index in [2.05, 4.69) is 20.3 Å². The van der Waals surface area contributed by atoms with Crippen LogP contribution in [0.15, 0.2) is 0 Å². The van der Waals surface area contributed by atoms with Gasteiger partial charge in [0.2, 0.25) is 0 Å². The Balaban J connectivity index is 0.000000172. The molecule has 8 heteroatoms. The Labute approximate surface area is 135 Å². The van der Waals surface area contributed by atoms with Gasteiger partial charge in [-0.05, 0) is 39.8 Å². The molecule has 2 amide bonds. The maximum atomic E-state index is 10.9. The molecule has 3 aliphatic rings. The largest absolute Gasteiger partial charge is 0.447 e. The van der Waals surface area contributed by atoms with E-state index in [9.17, 15) is 9.59 Å². The van der Waals surface area contributed by atoms with Crippen LogP contribution in [0, 0.1) is 0 Å². The van der Waals surface area contributed by atoms with Crippen molar-refractivity contribution in [3.8, 4) is 0 Å². The van der Waals surface area contributed by atoms with E-state index < -0.39 is 0 Å². The number of hydrogen-bond donors (Lipinski definition) is 2. The van der Waals surface area contributed by atoms with E-state index in [0.29, 0.717) is 19.1 Å². The fraction of sp³-hybridized carbons (Fsp3) is 0.857. The third-order valence-electron chi connectivity index (χ3n) is 3.92. The van der Waals surface area contributed by atoms with E-state index >= 15 is 0 Å². The van der Waals surface area contributed by atoms with Gasteiger partial charge in [-0.1, -0.05) is 0 Å². The second-order valence-corrected chi connectivity index (χ2v) is 6.91. The molecular formula is C14H24ClN3O4. The Kier molecular flexibility index (Phi) is 5.39. The highest BCUT2D eigenvalue weighted by molar-refractivity contribution is 6.18. The maximum Gasteiger partial charge on any atom is 0.407 e. The summed E-state index contributed by atoms with van der Waals surface area (Å²) >= 11 is 5.52. The summed E-state index contributed by atoms with van der Waals surface area (Å²) in [6, 6.07) is 0. The molecule has 3 saturated heterocycles. The molecule has 0 spiro atoms. The zero-order valence-electron chi connectivity index (χ0n) is 13.1. The van der Waals surface area contributed by atoms with E-state index in [-0.39, 0.29) is 23.3 Å². The average Bonchev–Trinajstić information content (AvgIpc) is 3.15. The van der Waals surface area contributed by atoms with Crippen LogP contribution < -0.4 is 10.6 Å². The number of ether oxygens (including phenoxy) is 2. The van der Waals surface area contributed by atoms with Crippen molar-refractivity contribution in [2.75, 3.05) is 38.7 Å². The van der Waals surface area contributed by atoms with Gasteiger partial charge in [0.25, 0.3) is 0 Å². The monoisotopic (exact) mass is 333 g/mol. The average molecular weight is 334 g/mol. The van der Waals surface area contributed by atoms with Gasteiger partial charge in [-0.3, -0.25) is 0 Å². The number of nitrogens with one attached hydrogen (secondary N) is 2. The first-order valence-corrected chi connectivity index (χ1v) is 8.06. The molecule has 22 heavy (non-hydrogen) atoms. The van der Waals surface area contributed by atoms with Crippen LogP contribution >= 0.6 is 11.6 Å². The van der Waals surface area contributed by atoms with Crippen LogP contribution in [0.3, 0.4) is 0 Å². The van der Waals surface area contributed by atoms with E-state index in [0.717, 1.165) is 19.6 Å². The fourth-order valence-corrected chi connectivity index (χ4v) is 2.82. The predicted molar refractivity (Wildman–Crippen MR) is 82.2 cm³/mol. The smallest absolute Gasteiger partial charge is 0.407 e. The van der Waals surface area contributed by atoms with Gasteiger partial charge in [-0.15, -0.1) is 11.6 Å². The van der Waals surface area contributed by atoms with E-state index in [4.69, 9.17) is 16.3 Å². The lowest BCUT2D eigenvalue weighted by atomic mass is 10.0. The van der Waals surface area contributed by atoms with E-state index in [1.54, 1.807) is 0 Å². The number of carbonyl (C=O) groups excluding carboxylic acids is 2. The summed E-state index contributed by atoms with van der Waals surface area (Å²) in [5, 5.41) is 5.44. The highest BCUT2D eigenvalue weighted by Crippen LogP contribution is 2.17. The highest BCUT2D eigenvalue weighted by Gasteiger charge is 2.37. The lowest BCUT2D eigenvalue weighted by Crippen LogP contribution is -2.49. The molecule has 3 rings (SSSR count). The van der Waals surface area contributed by atoms with Crippen LogP contribution in [0.5, 0.6) is 0 Å². The first-order chi connectivity index (χ1) is 10.3. The molecule has 126 valence electrons. The summed E-state index contributed by atoms with van der Waals surface area (Å²) in [5.74, 6) is 0.388. The second-order valence-electron chi connectivity index (χ2n) is 6.64. The van der Waals surface area contributed by atoms with Crippen LogP contribution in [-0.2, 0) is 9.47 Å². The molecule has 0 aromatic carbocycles. The molecule has 2 N–H and O–H groups in total. The van der Waals surface area contributed by atoms with Gasteiger partial charge in [0.05, 0.1) is 11.1 Å². The Morgan fingerprint density at radius 3 is 1.91 bits per heavy atom. The molecule has 0 aliphatic carbocycles. The minimum atomic E-state index is -0.377. The number of cyclic esters (lactones) is 2. The number of nitrogens with zero attached hydrogens (tertiary/aromatic N) is 1. The van der Waals surface area contributed by atoms with Crippen LogP contribution in [0.1, 0.15) is 26.7 Å². The second kappa shape index (κ2) is 6.91. The van der Waals surface area contributed by atoms with E-state index in [1.165, 1.54) is 12.8 Å². The minimum Gasteiger partial charge on any atom is -0.447 e. The molecule has 3 heterocycles. The summed E-state index contributed by atoms with van der Waals surface area (Å²) in [7, 11) is 0. The highest BCUT2D eigenvalue weighted by atomic mass is 35.5. The summed E-state index contributed by atoms with van der Waals surface area (Å²) in [6.45, 7) is 7.98. The number of likely N-dealkylation sites (tertiary alicyclic amines) is 1. The number of carbonyl (C=O) groups is 2. The van der Waals surface area contributed by atoms with E-state index in [1.807, 2.05) is 13.8 Å². The molecule has 7 nitrogen and oxygen atoms in total. The quantitative estimate of drug-likeness (QED) is 0.761. The standard InChI is InChI=1S/C9H16N2O2.C5H8ClNO2/c1-9(7-13-8(12)10-9)6-11-4-2-3-5-11;1-5(2-6)3-9-4(8)7-5/h2-7H2,1H3,(H,10,12);2-3H2,1H3,(H,7,8). The van der Waals surface area contributed by atoms with Crippen molar-refractivity contribution in [3.63, 3.8) is 0 Å². The number of amides is 2. The third kappa shape index (κ3) is 4.64. The molecule has 3 aliphatic heterocycles.